The molecule has 4 nitrogen and oxygen atoms in total. The van der Waals surface area contributed by atoms with E-state index in [-0.39, 0.29) is 5.91 Å². The number of benzene rings is 2. The molecule has 0 spiro atoms. The van der Waals surface area contributed by atoms with Gasteiger partial charge in [0.1, 0.15) is 17.8 Å². The van der Waals surface area contributed by atoms with Crippen molar-refractivity contribution in [2.75, 3.05) is 5.32 Å². The maximum absolute atomic E-state index is 11.9. The van der Waals surface area contributed by atoms with Crippen LogP contribution in [0.5, 0.6) is 11.5 Å². The molecule has 2 aromatic rings. The van der Waals surface area contributed by atoms with Crippen molar-refractivity contribution >= 4 is 17.9 Å². The van der Waals surface area contributed by atoms with Crippen LogP contribution < -0.4 is 10.1 Å². The van der Waals surface area contributed by atoms with Crippen LogP contribution in [0.25, 0.3) is 0 Å². The van der Waals surface area contributed by atoms with E-state index in [4.69, 9.17) is 4.74 Å². The highest BCUT2D eigenvalue weighted by atomic mass is 16.5. The standard InChI is InChI=1S/C20H23NO3/c22-16-8-3-1-2-7-11-20(23)21-17-12-14-19(15-13-17)24-18-9-5-4-6-10-18/h4-6,9-10,12-16H,1-3,7-8,11H2,(H,21,23). The molecule has 0 saturated carbocycles. The van der Waals surface area contributed by atoms with E-state index in [1.807, 2.05) is 54.6 Å². The predicted octanol–water partition coefficient (Wildman–Crippen LogP) is 4.96. The molecule has 0 heterocycles. The van der Waals surface area contributed by atoms with Crippen LogP contribution in [0.15, 0.2) is 54.6 Å². The van der Waals surface area contributed by atoms with Gasteiger partial charge in [0, 0.05) is 18.5 Å². The van der Waals surface area contributed by atoms with Gasteiger partial charge in [-0.15, -0.1) is 0 Å². The predicted molar refractivity (Wildman–Crippen MR) is 95.4 cm³/mol. The summed E-state index contributed by atoms with van der Waals surface area (Å²) >= 11 is 0. The number of carbonyl (C=O) groups is 2. The van der Waals surface area contributed by atoms with E-state index >= 15 is 0 Å². The number of nitrogens with one attached hydrogen (secondary N) is 1. The van der Waals surface area contributed by atoms with Crippen molar-refractivity contribution in [1.82, 2.24) is 0 Å². The van der Waals surface area contributed by atoms with Crippen LogP contribution in [0, 0.1) is 0 Å². The number of ether oxygens (including phenoxy) is 1. The number of amides is 1. The van der Waals surface area contributed by atoms with Gasteiger partial charge < -0.3 is 14.8 Å². The van der Waals surface area contributed by atoms with E-state index in [2.05, 4.69) is 5.32 Å². The van der Waals surface area contributed by atoms with E-state index in [9.17, 15) is 9.59 Å². The Morgan fingerprint density at radius 2 is 1.54 bits per heavy atom. The summed E-state index contributed by atoms with van der Waals surface area (Å²) in [4.78, 5) is 22.1. The average Bonchev–Trinajstić information content (AvgIpc) is 2.61. The fourth-order valence-electron chi connectivity index (χ4n) is 2.32. The quantitative estimate of drug-likeness (QED) is 0.496. The van der Waals surface area contributed by atoms with Crippen LogP contribution in [-0.2, 0) is 9.59 Å². The molecule has 0 unspecified atom stereocenters. The third-order valence-corrected chi connectivity index (χ3v) is 3.59. The van der Waals surface area contributed by atoms with Gasteiger partial charge in [0.15, 0.2) is 0 Å². The van der Waals surface area contributed by atoms with Gasteiger partial charge >= 0.3 is 0 Å². The smallest absolute Gasteiger partial charge is 0.224 e. The third kappa shape index (κ3) is 6.65. The van der Waals surface area contributed by atoms with E-state index in [1.54, 1.807) is 0 Å². The van der Waals surface area contributed by atoms with Crippen LogP contribution in [0.3, 0.4) is 0 Å². The van der Waals surface area contributed by atoms with Gasteiger partial charge in [-0.3, -0.25) is 4.79 Å². The SMILES string of the molecule is O=CCCCCCCC(=O)Nc1ccc(Oc2ccccc2)cc1. The van der Waals surface area contributed by atoms with Crippen molar-refractivity contribution in [2.24, 2.45) is 0 Å². The lowest BCUT2D eigenvalue weighted by molar-refractivity contribution is -0.116. The molecule has 0 atom stereocenters. The first-order valence-corrected chi connectivity index (χ1v) is 8.34. The van der Waals surface area contributed by atoms with Crippen molar-refractivity contribution in [2.45, 2.75) is 38.5 Å². The normalized spacial score (nSPS) is 10.2. The number of hydrogen-bond acceptors (Lipinski definition) is 3. The average molecular weight is 325 g/mol. The van der Waals surface area contributed by atoms with E-state index in [0.29, 0.717) is 12.8 Å². The molecule has 0 bridgehead atoms. The van der Waals surface area contributed by atoms with Crippen LogP contribution in [0.2, 0.25) is 0 Å². The molecule has 0 aromatic heterocycles. The Balaban J connectivity index is 1.71. The molecule has 1 N–H and O–H groups in total. The number of anilines is 1. The highest BCUT2D eigenvalue weighted by molar-refractivity contribution is 5.90. The Morgan fingerprint density at radius 3 is 2.25 bits per heavy atom. The van der Waals surface area contributed by atoms with Crippen LogP contribution >= 0.6 is 0 Å². The fourth-order valence-corrected chi connectivity index (χ4v) is 2.32. The van der Waals surface area contributed by atoms with Gasteiger partial charge in [0.2, 0.25) is 5.91 Å². The molecule has 24 heavy (non-hydrogen) atoms. The molecule has 1 amide bonds. The summed E-state index contributed by atoms with van der Waals surface area (Å²) in [7, 11) is 0. The molecular formula is C20H23NO3. The molecule has 0 radical (unpaired) electrons. The van der Waals surface area contributed by atoms with E-state index in [0.717, 1.165) is 49.2 Å². The van der Waals surface area contributed by atoms with E-state index < -0.39 is 0 Å². The fraction of sp³-hybridized carbons (Fsp3) is 0.300. The maximum Gasteiger partial charge on any atom is 0.224 e. The molecule has 2 aromatic carbocycles. The Kier molecular flexibility index (Phi) is 7.54. The molecule has 126 valence electrons. The lowest BCUT2D eigenvalue weighted by atomic mass is 10.1. The summed E-state index contributed by atoms with van der Waals surface area (Å²) in [6.45, 7) is 0. The van der Waals surface area contributed by atoms with Gasteiger partial charge in [0.25, 0.3) is 0 Å². The monoisotopic (exact) mass is 325 g/mol. The number of carbonyl (C=O) groups excluding carboxylic acids is 2. The Morgan fingerprint density at radius 1 is 0.875 bits per heavy atom. The van der Waals surface area contributed by atoms with Gasteiger partial charge in [0.05, 0.1) is 0 Å². The van der Waals surface area contributed by atoms with Crippen LogP contribution in [-0.4, -0.2) is 12.2 Å². The van der Waals surface area contributed by atoms with Gasteiger partial charge in [-0.1, -0.05) is 31.0 Å². The van der Waals surface area contributed by atoms with Crippen molar-refractivity contribution in [3.05, 3.63) is 54.6 Å². The van der Waals surface area contributed by atoms with E-state index in [1.165, 1.54) is 0 Å². The number of rotatable bonds is 10. The molecule has 0 fully saturated rings. The van der Waals surface area contributed by atoms with Crippen molar-refractivity contribution in [3.63, 3.8) is 0 Å². The van der Waals surface area contributed by atoms with Crippen LogP contribution in [0.4, 0.5) is 5.69 Å². The van der Waals surface area contributed by atoms with Crippen LogP contribution in [0.1, 0.15) is 38.5 Å². The first-order valence-electron chi connectivity index (χ1n) is 8.34. The molecular weight excluding hydrogens is 302 g/mol. The van der Waals surface area contributed by atoms with Crippen molar-refractivity contribution in [1.29, 1.82) is 0 Å². The molecule has 0 aliphatic heterocycles. The summed E-state index contributed by atoms with van der Waals surface area (Å²) < 4.78 is 5.71. The minimum absolute atomic E-state index is 0.0158. The van der Waals surface area contributed by atoms with Gasteiger partial charge in [-0.25, -0.2) is 0 Å². The number of para-hydroxylation sites is 1. The van der Waals surface area contributed by atoms with Gasteiger partial charge in [-0.05, 0) is 49.2 Å². The summed E-state index contributed by atoms with van der Waals surface area (Å²) in [6, 6.07) is 16.9. The molecule has 0 saturated heterocycles. The highest BCUT2D eigenvalue weighted by Gasteiger charge is 2.03. The second-order valence-electron chi connectivity index (χ2n) is 5.61. The second-order valence-corrected chi connectivity index (χ2v) is 5.61. The Labute approximate surface area is 142 Å². The number of aldehydes is 1. The zero-order valence-electron chi connectivity index (χ0n) is 13.7. The number of hydrogen-bond donors (Lipinski definition) is 1. The van der Waals surface area contributed by atoms with Gasteiger partial charge in [-0.2, -0.15) is 0 Å². The third-order valence-electron chi connectivity index (χ3n) is 3.59. The first kappa shape index (κ1) is 17.7. The molecule has 4 heteroatoms. The molecule has 0 aliphatic carbocycles. The Bertz CT molecular complexity index is 623. The number of unbranched alkanes of at least 4 members (excludes halogenated alkanes) is 4. The molecule has 0 aliphatic rings. The second kappa shape index (κ2) is 10.2. The summed E-state index contributed by atoms with van der Waals surface area (Å²) in [6.07, 6.45) is 5.79. The minimum atomic E-state index is 0.0158. The largest absolute Gasteiger partial charge is 0.457 e. The first-order chi connectivity index (χ1) is 11.8. The molecule has 2 rings (SSSR count). The minimum Gasteiger partial charge on any atom is -0.457 e. The zero-order chi connectivity index (χ0) is 17.0. The lowest BCUT2D eigenvalue weighted by Crippen LogP contribution is -2.10. The zero-order valence-corrected chi connectivity index (χ0v) is 13.7. The summed E-state index contributed by atoms with van der Waals surface area (Å²) in [5.74, 6) is 1.53. The summed E-state index contributed by atoms with van der Waals surface area (Å²) in [5.41, 5.74) is 0.765. The topological polar surface area (TPSA) is 55.4 Å². The highest BCUT2D eigenvalue weighted by Crippen LogP contribution is 2.22. The van der Waals surface area contributed by atoms with Crippen molar-refractivity contribution in [3.8, 4) is 11.5 Å². The lowest BCUT2D eigenvalue weighted by Gasteiger charge is -2.08. The Hall–Kier alpha value is -2.62. The maximum atomic E-state index is 11.9. The van der Waals surface area contributed by atoms with Crippen molar-refractivity contribution < 1.29 is 14.3 Å². The summed E-state index contributed by atoms with van der Waals surface area (Å²) in [5, 5.41) is 2.88.